The van der Waals surface area contributed by atoms with Gasteiger partial charge >= 0.3 is 5.97 Å². The lowest BCUT2D eigenvalue weighted by atomic mass is 10.1. The van der Waals surface area contributed by atoms with Crippen molar-refractivity contribution < 1.29 is 14.7 Å². The van der Waals surface area contributed by atoms with E-state index in [1.165, 1.54) is 0 Å². The third-order valence-corrected chi connectivity index (χ3v) is 2.55. The van der Waals surface area contributed by atoms with Crippen molar-refractivity contribution in [2.75, 3.05) is 0 Å². The molecule has 1 rings (SSSR count). The zero-order chi connectivity index (χ0) is 13.4. The number of carboxylic acid groups (broad SMARTS) is 1. The van der Waals surface area contributed by atoms with E-state index < -0.39 is 5.97 Å². The number of carboxylic acids is 1. The van der Waals surface area contributed by atoms with Gasteiger partial charge in [-0.3, -0.25) is 14.6 Å². The topological polar surface area (TPSA) is 79.3 Å². The van der Waals surface area contributed by atoms with Crippen LogP contribution in [0, 0.1) is 0 Å². The number of amides is 1. The van der Waals surface area contributed by atoms with E-state index in [-0.39, 0.29) is 18.4 Å². The van der Waals surface area contributed by atoms with E-state index in [4.69, 9.17) is 5.11 Å². The van der Waals surface area contributed by atoms with Gasteiger partial charge < -0.3 is 10.4 Å². The number of pyridine rings is 1. The molecule has 1 atom stereocenters. The molecule has 0 saturated carbocycles. The van der Waals surface area contributed by atoms with Gasteiger partial charge in [0.05, 0.1) is 6.42 Å². The van der Waals surface area contributed by atoms with Crippen molar-refractivity contribution in [2.24, 2.45) is 0 Å². The van der Waals surface area contributed by atoms with E-state index >= 15 is 0 Å². The zero-order valence-electron chi connectivity index (χ0n) is 10.4. The van der Waals surface area contributed by atoms with Crippen LogP contribution in [0.2, 0.25) is 0 Å². The number of hydrogen-bond donors (Lipinski definition) is 2. The molecule has 98 valence electrons. The monoisotopic (exact) mass is 250 g/mol. The van der Waals surface area contributed by atoms with Crippen LogP contribution >= 0.6 is 0 Å². The number of carbonyl (C=O) groups excluding carboxylic acids is 1. The van der Waals surface area contributed by atoms with Crippen LogP contribution in [0.4, 0.5) is 0 Å². The molecule has 1 aromatic rings. The van der Waals surface area contributed by atoms with E-state index in [2.05, 4.69) is 10.3 Å². The van der Waals surface area contributed by atoms with Crippen LogP contribution in [-0.4, -0.2) is 28.0 Å². The lowest BCUT2D eigenvalue weighted by molar-refractivity contribution is -0.137. The van der Waals surface area contributed by atoms with Crippen LogP contribution < -0.4 is 5.32 Å². The third-order valence-electron chi connectivity index (χ3n) is 2.55. The lowest BCUT2D eigenvalue weighted by Crippen LogP contribution is -2.33. The van der Waals surface area contributed by atoms with Crippen LogP contribution in [0.15, 0.2) is 24.5 Å². The van der Waals surface area contributed by atoms with Crippen molar-refractivity contribution in [1.29, 1.82) is 0 Å². The number of rotatable bonds is 7. The molecule has 1 aromatic heterocycles. The van der Waals surface area contributed by atoms with Gasteiger partial charge in [0.2, 0.25) is 5.91 Å². The second-order valence-corrected chi connectivity index (χ2v) is 4.29. The molecule has 0 aromatic carbocycles. The first kappa shape index (κ1) is 14.2. The number of hydrogen-bond acceptors (Lipinski definition) is 3. The van der Waals surface area contributed by atoms with Crippen molar-refractivity contribution in [3.8, 4) is 0 Å². The van der Waals surface area contributed by atoms with Crippen molar-refractivity contribution in [1.82, 2.24) is 10.3 Å². The van der Waals surface area contributed by atoms with Crippen LogP contribution in [0.5, 0.6) is 0 Å². The second-order valence-electron chi connectivity index (χ2n) is 4.29. The molecule has 0 saturated heterocycles. The number of aromatic nitrogens is 1. The summed E-state index contributed by atoms with van der Waals surface area (Å²) in [6, 6.07) is 3.60. The summed E-state index contributed by atoms with van der Waals surface area (Å²) in [5.41, 5.74) is 0.917. The van der Waals surface area contributed by atoms with Gasteiger partial charge in [-0.25, -0.2) is 0 Å². The van der Waals surface area contributed by atoms with Gasteiger partial charge in [-0.2, -0.15) is 0 Å². The number of aliphatic carboxylic acids is 1. The summed E-state index contributed by atoms with van der Waals surface area (Å²) >= 11 is 0. The first-order valence-corrected chi connectivity index (χ1v) is 5.98. The molecular formula is C13H18N2O3. The van der Waals surface area contributed by atoms with Crippen molar-refractivity contribution in [3.63, 3.8) is 0 Å². The highest BCUT2D eigenvalue weighted by Crippen LogP contribution is 2.02. The smallest absolute Gasteiger partial charge is 0.303 e. The highest BCUT2D eigenvalue weighted by atomic mass is 16.4. The molecule has 0 aliphatic heterocycles. The Hall–Kier alpha value is -1.91. The van der Waals surface area contributed by atoms with E-state index in [0.717, 1.165) is 5.56 Å². The van der Waals surface area contributed by atoms with E-state index in [1.54, 1.807) is 24.5 Å². The van der Waals surface area contributed by atoms with Gasteiger partial charge in [0.15, 0.2) is 0 Å². The standard InChI is InChI=1S/C13H18N2O3/c1-10(3-2-4-13(17)18)15-12(16)9-11-5-7-14-8-6-11/h5-8,10H,2-4,9H2,1H3,(H,15,16)(H,17,18). The fraction of sp³-hybridized carbons (Fsp3) is 0.462. The first-order chi connectivity index (χ1) is 8.58. The Labute approximate surface area is 106 Å². The van der Waals surface area contributed by atoms with Crippen LogP contribution in [-0.2, 0) is 16.0 Å². The van der Waals surface area contributed by atoms with E-state index in [9.17, 15) is 9.59 Å². The van der Waals surface area contributed by atoms with Gasteiger partial charge in [0.1, 0.15) is 0 Å². The van der Waals surface area contributed by atoms with Gasteiger partial charge in [-0.05, 0) is 37.5 Å². The highest BCUT2D eigenvalue weighted by Gasteiger charge is 2.08. The zero-order valence-corrected chi connectivity index (χ0v) is 10.4. The fourth-order valence-corrected chi connectivity index (χ4v) is 1.64. The summed E-state index contributed by atoms with van der Waals surface area (Å²) in [6.45, 7) is 1.88. The molecule has 18 heavy (non-hydrogen) atoms. The lowest BCUT2D eigenvalue weighted by Gasteiger charge is -2.13. The molecule has 0 bridgehead atoms. The average Bonchev–Trinajstić information content (AvgIpc) is 2.29. The minimum Gasteiger partial charge on any atom is -0.481 e. The molecule has 0 radical (unpaired) electrons. The van der Waals surface area contributed by atoms with Crippen LogP contribution in [0.25, 0.3) is 0 Å². The van der Waals surface area contributed by atoms with Crippen molar-refractivity contribution in [3.05, 3.63) is 30.1 Å². The Morgan fingerprint density at radius 2 is 2.06 bits per heavy atom. The number of nitrogens with zero attached hydrogens (tertiary/aromatic N) is 1. The molecule has 0 fully saturated rings. The average molecular weight is 250 g/mol. The Kier molecular flexibility index (Phi) is 5.84. The minimum absolute atomic E-state index is 0.00122. The second kappa shape index (κ2) is 7.42. The predicted molar refractivity (Wildman–Crippen MR) is 67.0 cm³/mol. The Bertz CT molecular complexity index is 392. The molecule has 1 unspecified atom stereocenters. The van der Waals surface area contributed by atoms with Gasteiger partial charge in [0.25, 0.3) is 0 Å². The van der Waals surface area contributed by atoms with Gasteiger partial charge in [0, 0.05) is 24.9 Å². The van der Waals surface area contributed by atoms with Crippen LogP contribution in [0.3, 0.4) is 0 Å². The first-order valence-electron chi connectivity index (χ1n) is 5.98. The summed E-state index contributed by atoms with van der Waals surface area (Å²) in [5.74, 6) is -0.852. The minimum atomic E-state index is -0.801. The largest absolute Gasteiger partial charge is 0.481 e. The van der Waals surface area contributed by atoms with Gasteiger partial charge in [-0.1, -0.05) is 0 Å². The van der Waals surface area contributed by atoms with E-state index in [0.29, 0.717) is 19.3 Å². The molecule has 5 heteroatoms. The summed E-state index contributed by atoms with van der Waals surface area (Å²) in [7, 11) is 0. The molecule has 5 nitrogen and oxygen atoms in total. The Balaban J connectivity index is 2.25. The summed E-state index contributed by atoms with van der Waals surface area (Å²) in [4.78, 5) is 25.9. The SMILES string of the molecule is CC(CCCC(=O)O)NC(=O)Cc1ccncc1. The van der Waals surface area contributed by atoms with E-state index in [1.807, 2.05) is 6.92 Å². The van der Waals surface area contributed by atoms with Crippen LogP contribution in [0.1, 0.15) is 31.7 Å². The van der Waals surface area contributed by atoms with Crippen molar-refractivity contribution >= 4 is 11.9 Å². The molecule has 1 amide bonds. The Morgan fingerprint density at radius 3 is 2.67 bits per heavy atom. The Morgan fingerprint density at radius 1 is 1.39 bits per heavy atom. The number of carbonyl (C=O) groups is 2. The maximum absolute atomic E-state index is 11.7. The summed E-state index contributed by atoms with van der Waals surface area (Å²) in [5, 5.41) is 11.4. The molecule has 0 aliphatic rings. The third kappa shape index (κ3) is 5.98. The normalized spacial score (nSPS) is 11.8. The number of nitrogens with one attached hydrogen (secondary N) is 1. The molecule has 0 spiro atoms. The molecule has 0 aliphatic carbocycles. The predicted octanol–water partition coefficient (Wildman–Crippen LogP) is 1.38. The maximum atomic E-state index is 11.7. The molecular weight excluding hydrogens is 232 g/mol. The highest BCUT2D eigenvalue weighted by molar-refractivity contribution is 5.78. The van der Waals surface area contributed by atoms with Gasteiger partial charge in [-0.15, -0.1) is 0 Å². The summed E-state index contributed by atoms with van der Waals surface area (Å²) < 4.78 is 0. The fourth-order valence-electron chi connectivity index (χ4n) is 1.64. The van der Waals surface area contributed by atoms with Crippen molar-refractivity contribution in [2.45, 2.75) is 38.6 Å². The maximum Gasteiger partial charge on any atom is 0.303 e. The molecule has 1 heterocycles. The molecule has 2 N–H and O–H groups in total. The quantitative estimate of drug-likeness (QED) is 0.766. The summed E-state index contributed by atoms with van der Waals surface area (Å²) in [6.07, 6.45) is 5.02.